The van der Waals surface area contributed by atoms with Crippen LogP contribution in [0.3, 0.4) is 0 Å². The van der Waals surface area contributed by atoms with E-state index in [1.165, 1.54) is 4.90 Å². The number of carbonyl (C=O) groups is 1. The van der Waals surface area contributed by atoms with Crippen molar-refractivity contribution < 1.29 is 19.7 Å². The van der Waals surface area contributed by atoms with E-state index in [0.29, 0.717) is 19.7 Å². The summed E-state index contributed by atoms with van der Waals surface area (Å²) in [5.74, 6) is 0. The molecule has 6 heteroatoms. The van der Waals surface area contributed by atoms with Crippen LogP contribution in [0.2, 0.25) is 0 Å². The van der Waals surface area contributed by atoms with Crippen molar-refractivity contribution in [3.8, 4) is 0 Å². The Morgan fingerprint density at radius 1 is 1.71 bits per heavy atom. The summed E-state index contributed by atoms with van der Waals surface area (Å²) >= 11 is 0. The minimum Gasteiger partial charge on any atom is -0.465 e. The van der Waals surface area contributed by atoms with Crippen LogP contribution in [-0.2, 0) is 4.74 Å². The Hall–Kier alpha value is -0.850. The molecule has 0 bridgehead atoms. The molecular formula is C8H16N2O4. The number of nitrogens with zero attached hydrogens (tertiary/aromatic N) is 1. The highest BCUT2D eigenvalue weighted by molar-refractivity contribution is 5.65. The highest BCUT2D eigenvalue weighted by Crippen LogP contribution is 2.11. The Kier molecular flexibility index (Phi) is 3.68. The molecule has 0 spiro atoms. The van der Waals surface area contributed by atoms with Gasteiger partial charge in [-0.1, -0.05) is 0 Å². The maximum Gasteiger partial charge on any atom is 0.407 e. The quantitative estimate of drug-likeness (QED) is 0.534. The predicted molar refractivity (Wildman–Crippen MR) is 49.3 cm³/mol. The molecule has 1 fully saturated rings. The Morgan fingerprint density at radius 2 is 2.43 bits per heavy atom. The number of rotatable bonds is 2. The highest BCUT2D eigenvalue weighted by Gasteiger charge is 2.33. The van der Waals surface area contributed by atoms with Crippen molar-refractivity contribution in [2.24, 2.45) is 0 Å². The summed E-state index contributed by atoms with van der Waals surface area (Å²) in [7, 11) is 1.70. The van der Waals surface area contributed by atoms with Gasteiger partial charge in [0.15, 0.2) is 0 Å². The first-order valence-electron chi connectivity index (χ1n) is 4.50. The van der Waals surface area contributed by atoms with Gasteiger partial charge >= 0.3 is 6.09 Å². The Bertz CT molecular complexity index is 212. The number of carboxylic acid groups (broad SMARTS) is 1. The van der Waals surface area contributed by atoms with Gasteiger partial charge in [0.2, 0.25) is 0 Å². The molecular weight excluding hydrogens is 188 g/mol. The lowest BCUT2D eigenvalue weighted by Crippen LogP contribution is -2.51. The van der Waals surface area contributed by atoms with Gasteiger partial charge in [-0.3, -0.25) is 0 Å². The van der Waals surface area contributed by atoms with E-state index < -0.39 is 11.7 Å². The second kappa shape index (κ2) is 4.59. The van der Waals surface area contributed by atoms with Crippen molar-refractivity contribution in [2.45, 2.75) is 5.60 Å². The van der Waals surface area contributed by atoms with E-state index in [1.54, 1.807) is 7.05 Å². The molecule has 82 valence electrons. The van der Waals surface area contributed by atoms with Gasteiger partial charge in [0.05, 0.1) is 19.8 Å². The van der Waals surface area contributed by atoms with E-state index >= 15 is 0 Å². The third kappa shape index (κ3) is 2.83. The molecule has 1 aliphatic rings. The first-order valence-corrected chi connectivity index (χ1v) is 4.50. The number of amides is 1. The fourth-order valence-corrected chi connectivity index (χ4v) is 1.52. The standard InChI is InChI=1S/C8H16N2O4/c1-9-4-8(13)5-10(7(11)12)2-3-14-6-8/h9,13H,2-6H2,1H3,(H,11,12). The number of nitrogens with one attached hydrogen (secondary N) is 1. The van der Waals surface area contributed by atoms with Crippen LogP contribution in [0.25, 0.3) is 0 Å². The second-order valence-corrected chi connectivity index (χ2v) is 3.51. The van der Waals surface area contributed by atoms with Gasteiger partial charge in [0.1, 0.15) is 5.60 Å². The lowest BCUT2D eigenvalue weighted by atomic mass is 10.1. The molecule has 1 aliphatic heterocycles. The number of ether oxygens (including phenoxy) is 1. The van der Waals surface area contributed by atoms with E-state index in [9.17, 15) is 9.90 Å². The van der Waals surface area contributed by atoms with Crippen molar-refractivity contribution in [3.63, 3.8) is 0 Å². The van der Waals surface area contributed by atoms with Crippen molar-refractivity contribution >= 4 is 6.09 Å². The van der Waals surface area contributed by atoms with E-state index in [1.807, 2.05) is 0 Å². The number of likely N-dealkylation sites (N-methyl/N-ethyl adjacent to an activating group) is 1. The zero-order valence-electron chi connectivity index (χ0n) is 8.19. The average Bonchev–Trinajstić information content (AvgIpc) is 2.28. The fraction of sp³-hybridized carbons (Fsp3) is 0.875. The number of β-amino-alcohol motifs (C(OH)–C–C–N with tert-alkyl or cyclic N) is 1. The van der Waals surface area contributed by atoms with Crippen LogP contribution in [0.15, 0.2) is 0 Å². The molecule has 0 aliphatic carbocycles. The third-order valence-electron chi connectivity index (χ3n) is 2.14. The van der Waals surface area contributed by atoms with Crippen LogP contribution in [0.4, 0.5) is 4.79 Å². The van der Waals surface area contributed by atoms with Gasteiger partial charge in [-0.2, -0.15) is 0 Å². The summed E-state index contributed by atoms with van der Waals surface area (Å²) < 4.78 is 5.15. The fourth-order valence-electron chi connectivity index (χ4n) is 1.52. The molecule has 3 N–H and O–H groups in total. The molecule has 1 unspecified atom stereocenters. The summed E-state index contributed by atoms with van der Waals surface area (Å²) in [6.45, 7) is 1.21. The zero-order chi connectivity index (χ0) is 10.6. The smallest absolute Gasteiger partial charge is 0.407 e. The Labute approximate surface area is 82.5 Å². The van der Waals surface area contributed by atoms with Crippen LogP contribution in [0.5, 0.6) is 0 Å². The highest BCUT2D eigenvalue weighted by atomic mass is 16.5. The van der Waals surface area contributed by atoms with Gasteiger partial charge in [-0.05, 0) is 7.05 Å². The van der Waals surface area contributed by atoms with Crippen molar-refractivity contribution in [1.29, 1.82) is 0 Å². The summed E-state index contributed by atoms with van der Waals surface area (Å²) in [5, 5.41) is 21.6. The minimum absolute atomic E-state index is 0.0865. The van der Waals surface area contributed by atoms with Crippen LogP contribution in [0.1, 0.15) is 0 Å². The molecule has 1 atom stereocenters. The molecule has 0 aromatic carbocycles. The summed E-state index contributed by atoms with van der Waals surface area (Å²) in [4.78, 5) is 11.9. The van der Waals surface area contributed by atoms with Gasteiger partial charge in [0, 0.05) is 13.1 Å². The summed E-state index contributed by atoms with van der Waals surface area (Å²) in [5.41, 5.74) is -1.12. The average molecular weight is 204 g/mol. The van der Waals surface area contributed by atoms with Crippen molar-refractivity contribution in [1.82, 2.24) is 10.2 Å². The maximum absolute atomic E-state index is 10.7. The van der Waals surface area contributed by atoms with Crippen LogP contribution in [0, 0.1) is 0 Å². The largest absolute Gasteiger partial charge is 0.465 e. The minimum atomic E-state index is -1.12. The summed E-state index contributed by atoms with van der Waals surface area (Å²) in [6.07, 6.45) is -1.02. The Morgan fingerprint density at radius 3 is 3.00 bits per heavy atom. The predicted octanol–water partition coefficient (Wildman–Crippen LogP) is -1.05. The molecule has 0 saturated carbocycles. The molecule has 6 nitrogen and oxygen atoms in total. The monoisotopic (exact) mass is 204 g/mol. The maximum atomic E-state index is 10.7. The second-order valence-electron chi connectivity index (χ2n) is 3.51. The lowest BCUT2D eigenvalue weighted by molar-refractivity contribution is -0.0324. The first-order chi connectivity index (χ1) is 6.57. The number of hydrogen-bond acceptors (Lipinski definition) is 4. The molecule has 1 saturated heterocycles. The van der Waals surface area contributed by atoms with E-state index in [4.69, 9.17) is 9.84 Å². The van der Waals surface area contributed by atoms with E-state index in [0.717, 1.165) is 0 Å². The summed E-state index contributed by atoms with van der Waals surface area (Å²) in [6, 6.07) is 0. The number of aliphatic hydroxyl groups is 1. The Balaban J connectivity index is 2.63. The normalized spacial score (nSPS) is 28.6. The van der Waals surface area contributed by atoms with Crippen molar-refractivity contribution in [2.75, 3.05) is 39.9 Å². The van der Waals surface area contributed by atoms with Gasteiger partial charge in [-0.15, -0.1) is 0 Å². The molecule has 0 radical (unpaired) electrons. The van der Waals surface area contributed by atoms with Gasteiger partial charge < -0.3 is 25.2 Å². The molecule has 0 aromatic heterocycles. The SMILES string of the molecule is CNCC1(O)COCCN(C(=O)O)C1. The van der Waals surface area contributed by atoms with Crippen molar-refractivity contribution in [3.05, 3.63) is 0 Å². The van der Waals surface area contributed by atoms with Gasteiger partial charge in [-0.25, -0.2) is 4.79 Å². The molecule has 1 heterocycles. The van der Waals surface area contributed by atoms with E-state index in [-0.39, 0.29) is 13.2 Å². The lowest BCUT2D eigenvalue weighted by Gasteiger charge is -2.28. The number of hydrogen-bond donors (Lipinski definition) is 3. The van der Waals surface area contributed by atoms with Crippen LogP contribution < -0.4 is 5.32 Å². The van der Waals surface area contributed by atoms with Crippen LogP contribution in [-0.4, -0.2) is 66.7 Å². The van der Waals surface area contributed by atoms with Gasteiger partial charge in [0.25, 0.3) is 0 Å². The van der Waals surface area contributed by atoms with E-state index in [2.05, 4.69) is 5.32 Å². The molecule has 1 amide bonds. The third-order valence-corrected chi connectivity index (χ3v) is 2.14. The zero-order valence-corrected chi connectivity index (χ0v) is 8.19. The first kappa shape index (κ1) is 11.2. The molecule has 1 rings (SSSR count). The topological polar surface area (TPSA) is 82.0 Å². The molecule has 0 aromatic rings. The van der Waals surface area contributed by atoms with Crippen LogP contribution >= 0.6 is 0 Å². The molecule has 14 heavy (non-hydrogen) atoms.